The number of carbonyl (C=O) groups is 1. The van der Waals surface area contributed by atoms with Crippen molar-refractivity contribution in [1.82, 2.24) is 29.1 Å². The molecule has 1 unspecified atom stereocenters. The number of ether oxygens (including phenoxy) is 1. The molecule has 3 fully saturated rings. The summed E-state index contributed by atoms with van der Waals surface area (Å²) in [4.78, 5) is 29.8. The smallest absolute Gasteiger partial charge is 0.382 e. The number of ketones is 1. The molecule has 0 bridgehead atoms. The number of imidazole rings is 2. The van der Waals surface area contributed by atoms with E-state index in [4.69, 9.17) is 28.6 Å². The topological polar surface area (TPSA) is 234 Å². The molecule has 1 saturated carbocycles. The van der Waals surface area contributed by atoms with Crippen LogP contribution in [0.3, 0.4) is 0 Å². The molecule has 0 amide bonds. The lowest BCUT2D eigenvalue weighted by atomic mass is 9.70. The van der Waals surface area contributed by atoms with E-state index in [0.29, 0.717) is 29.2 Å². The fourth-order valence-corrected chi connectivity index (χ4v) is 9.30. The quantitative estimate of drug-likeness (QED) is 0.221. The molecule has 8 rings (SSSR count). The Morgan fingerprint density at radius 2 is 1.80 bits per heavy atom. The van der Waals surface area contributed by atoms with Crippen LogP contribution in [0.25, 0.3) is 11.2 Å². The predicted molar refractivity (Wildman–Crippen MR) is 166 cm³/mol. The van der Waals surface area contributed by atoms with E-state index in [1.165, 1.54) is 12.7 Å². The van der Waals surface area contributed by atoms with Crippen LogP contribution in [0, 0.1) is 17.8 Å². The fraction of sp³-hybridized carbons (Fsp3) is 0.565. The largest absolute Gasteiger partial charge is 0.386 e. The highest BCUT2D eigenvalue weighted by molar-refractivity contribution is 8.44. The second-order valence-electron chi connectivity index (χ2n) is 11.6. The molecule has 0 aromatic carbocycles. The average Bonchev–Trinajstić information content (AvgIpc) is 3.79. The summed E-state index contributed by atoms with van der Waals surface area (Å²) in [7, 11) is 0. The molecule has 0 spiro atoms. The van der Waals surface area contributed by atoms with E-state index in [2.05, 4.69) is 65.2 Å². The van der Waals surface area contributed by atoms with Crippen molar-refractivity contribution in [1.29, 1.82) is 0 Å². The van der Waals surface area contributed by atoms with Crippen LogP contribution in [-0.2, 0) is 32.0 Å². The van der Waals surface area contributed by atoms with E-state index in [1.54, 1.807) is 15.5 Å². The molecule has 3 aromatic rings. The van der Waals surface area contributed by atoms with Gasteiger partial charge in [-0.2, -0.15) is 0 Å². The van der Waals surface area contributed by atoms with Gasteiger partial charge in [0.05, 0.1) is 32.5 Å². The number of nitrogens with zero attached hydrogens (tertiary/aromatic N) is 9. The van der Waals surface area contributed by atoms with Gasteiger partial charge < -0.3 is 29.4 Å². The van der Waals surface area contributed by atoms with Gasteiger partial charge in [0.15, 0.2) is 29.0 Å². The zero-order chi connectivity index (χ0) is 32.0. The molecule has 3 aromatic heterocycles. The van der Waals surface area contributed by atoms with Crippen LogP contribution < -0.4 is 11.1 Å². The van der Waals surface area contributed by atoms with Gasteiger partial charge in [0.1, 0.15) is 36.1 Å². The van der Waals surface area contributed by atoms with Gasteiger partial charge in [-0.25, -0.2) is 29.1 Å². The third-order valence-electron chi connectivity index (χ3n) is 8.95. The second-order valence-corrected chi connectivity index (χ2v) is 17.4. The first-order valence-electron chi connectivity index (χ1n) is 14.2. The summed E-state index contributed by atoms with van der Waals surface area (Å²) in [5, 5.41) is 14.5. The van der Waals surface area contributed by atoms with Gasteiger partial charge >= 0.3 is 13.6 Å². The Bertz CT molecular complexity index is 1910. The zero-order valence-electron chi connectivity index (χ0n) is 23.8. The Morgan fingerprint density at radius 1 is 1.02 bits per heavy atom. The number of carbonyl (C=O) groups excluding carboxylic acids is 1. The lowest BCUT2D eigenvalue weighted by molar-refractivity contribution is -0.0389. The molecule has 1 aliphatic carbocycles. The summed E-state index contributed by atoms with van der Waals surface area (Å²) in [5.41, 5.74) is 6.99. The number of nitrogens with two attached hydrogens (primary N) is 1. The molecule has 46 heavy (non-hydrogen) atoms. The molecule has 4 aliphatic heterocycles. The van der Waals surface area contributed by atoms with E-state index < -0.39 is 44.0 Å². The Balaban J connectivity index is 1.03. The Labute approximate surface area is 270 Å². The number of amidine groups is 1. The first-order valence-corrected chi connectivity index (χ1v) is 19.6. The molecule has 23 heteroatoms. The van der Waals surface area contributed by atoms with E-state index >= 15 is 0 Å². The maximum absolute atomic E-state index is 13.6. The molecular weight excluding hydrogens is 684 g/mol. The Hall–Kier alpha value is -2.74. The van der Waals surface area contributed by atoms with Crippen LogP contribution in [-0.4, -0.2) is 78.8 Å². The number of thiol groups is 2. The average molecular weight is 712 g/mol. The molecule has 2 saturated heterocycles. The first-order chi connectivity index (χ1) is 22.0. The summed E-state index contributed by atoms with van der Waals surface area (Å²) in [6.45, 7) is -6.38. The third kappa shape index (κ3) is 5.12. The van der Waals surface area contributed by atoms with Crippen LogP contribution >= 0.6 is 38.1 Å². The zero-order valence-corrected chi connectivity index (χ0v) is 27.4. The molecule has 3 N–H and O–H groups in total. The van der Waals surface area contributed by atoms with Gasteiger partial charge in [-0.1, -0.05) is 31.4 Å². The number of hydrogen-bond donors (Lipinski definition) is 4. The summed E-state index contributed by atoms with van der Waals surface area (Å²) in [6, 6.07) is -1.10. The number of hydrogen-bond acceptors (Lipinski definition) is 17. The molecule has 19 nitrogen and oxygen atoms in total. The first kappa shape index (κ1) is 30.6. The minimum absolute atomic E-state index is 0.00275. The SMILES string of the molecule is C[C@@H]1[C@@H]2O[P@](=O)(S)OC[C@H]3C[C@@H](n4cnc5c4NC4=NN=NC4C5=O)[C@@H]3CO[P@@](=O)(S)OC[C@H]2O[C@H]1n1cnc2c(N)ncnc21. The third-order valence-corrected chi connectivity index (χ3v) is 12.2. The van der Waals surface area contributed by atoms with Crippen molar-refractivity contribution in [2.24, 2.45) is 33.2 Å². The van der Waals surface area contributed by atoms with Crippen molar-refractivity contribution in [3.05, 3.63) is 24.7 Å². The number of nitrogens with one attached hydrogen (secondary N) is 1. The molecule has 7 heterocycles. The lowest BCUT2D eigenvalue weighted by Crippen LogP contribution is -2.44. The number of rotatable bonds is 2. The summed E-state index contributed by atoms with van der Waals surface area (Å²) < 4.78 is 60.0. The van der Waals surface area contributed by atoms with Gasteiger partial charge in [0.2, 0.25) is 5.78 Å². The summed E-state index contributed by atoms with van der Waals surface area (Å²) in [6.07, 6.45) is 2.44. The van der Waals surface area contributed by atoms with Gasteiger partial charge in [0, 0.05) is 17.9 Å². The highest BCUT2D eigenvalue weighted by Gasteiger charge is 2.51. The molecule has 10 atom stereocenters. The summed E-state index contributed by atoms with van der Waals surface area (Å²) in [5.74, 6) is -0.350. The maximum Gasteiger partial charge on any atom is 0.386 e. The number of nitrogen functional groups attached to an aromatic ring is 1. The Morgan fingerprint density at radius 3 is 2.65 bits per heavy atom. The van der Waals surface area contributed by atoms with Gasteiger partial charge in [-0.05, 0) is 17.6 Å². The van der Waals surface area contributed by atoms with Crippen molar-refractivity contribution in [3.8, 4) is 0 Å². The monoisotopic (exact) mass is 711 g/mol. The van der Waals surface area contributed by atoms with Crippen LogP contribution in [0.15, 0.2) is 34.4 Å². The highest BCUT2D eigenvalue weighted by atomic mass is 32.7. The van der Waals surface area contributed by atoms with Crippen molar-refractivity contribution >= 4 is 72.5 Å². The fourth-order valence-electron chi connectivity index (χ4n) is 6.52. The number of Topliss-reactive ketones (excluding diaryl/α,β-unsaturated/α-hetero) is 1. The van der Waals surface area contributed by atoms with E-state index in [0.717, 1.165) is 0 Å². The van der Waals surface area contributed by atoms with Gasteiger partial charge in [-0.3, -0.25) is 18.4 Å². The van der Waals surface area contributed by atoms with E-state index in [-0.39, 0.29) is 55.0 Å². The highest BCUT2D eigenvalue weighted by Crippen LogP contribution is 2.61. The predicted octanol–water partition coefficient (Wildman–Crippen LogP) is 3.30. The Kier molecular flexibility index (Phi) is 7.43. The van der Waals surface area contributed by atoms with Crippen molar-refractivity contribution in [2.75, 3.05) is 30.9 Å². The van der Waals surface area contributed by atoms with Crippen LogP contribution in [0.5, 0.6) is 0 Å². The maximum atomic E-state index is 13.6. The normalized spacial score (nSPS) is 39.1. The van der Waals surface area contributed by atoms with Crippen molar-refractivity contribution in [2.45, 2.75) is 43.9 Å². The van der Waals surface area contributed by atoms with E-state index in [1.807, 2.05) is 6.92 Å². The number of aromatic nitrogens is 6. The van der Waals surface area contributed by atoms with Crippen molar-refractivity contribution in [3.63, 3.8) is 0 Å². The van der Waals surface area contributed by atoms with Crippen LogP contribution in [0.4, 0.5) is 11.6 Å². The van der Waals surface area contributed by atoms with Gasteiger partial charge in [0.25, 0.3) is 0 Å². The standard InChI is InChI=1S/C23H27N11O8P2S2/c1-9-18-13(41-23(9)34-8-28-16-19(24)25-6-26-21(16)34)5-40-43(36,45)39-4-11-10(3-38-44(37,46)42-18)2-12(11)33-7-27-15-17(35)14-20(29-22(15)33)31-32-30-14/h6-14,18,23H,2-5H2,1H3,(H,36,45)(H,37,46)(H2,24,25,26)(H,29,30,31)/t9-,10-,11-,12-,13-,14?,18+,23-,43-,44-/m1/s1. The van der Waals surface area contributed by atoms with Crippen LogP contribution in [0.2, 0.25) is 0 Å². The molecule has 0 radical (unpaired) electrons. The van der Waals surface area contributed by atoms with Crippen LogP contribution in [0.1, 0.15) is 36.1 Å². The lowest BCUT2D eigenvalue weighted by Gasteiger charge is -2.45. The minimum Gasteiger partial charge on any atom is -0.382 e. The van der Waals surface area contributed by atoms with Crippen molar-refractivity contribution < 1.29 is 36.8 Å². The molecule has 5 aliphatic rings. The number of fused-ring (bicyclic) bond motifs is 5. The molecular formula is C23H27N11O8P2S2. The second kappa shape index (κ2) is 11.2. The van der Waals surface area contributed by atoms with E-state index in [9.17, 15) is 13.9 Å². The summed E-state index contributed by atoms with van der Waals surface area (Å²) >= 11 is 8.51. The van der Waals surface area contributed by atoms with Gasteiger partial charge in [-0.15, -0.1) is 10.2 Å². The molecule has 244 valence electrons. The minimum atomic E-state index is -3.95. The number of anilines is 2.